The standard InChI is InChI=1S/C34H31Cl2FN6O4/c1-18(44)42-14-34(15-42)16-43(17-34)26-10-7-19-13-25(40-32(47-3)27(19)26)20-5-4-6-21(29(20)35)28-23(37)8-9-24(30(28)36)39-31(45)22-11-12-38-41(2)33(22)46/h4-6,8-9,11-13,26H,7,10,14-17H2,1-3H3,(H,39,45)/t26-/m0/s1. The Balaban J connectivity index is 1.18. The second-order valence-corrected chi connectivity index (χ2v) is 13.3. The summed E-state index contributed by atoms with van der Waals surface area (Å²) in [6, 6.07) is 11.2. The van der Waals surface area contributed by atoms with E-state index in [1.807, 2.05) is 11.0 Å². The molecule has 2 aromatic carbocycles. The number of aromatic nitrogens is 3. The molecular weight excluding hydrogens is 646 g/mol. The molecule has 4 heterocycles. The first kappa shape index (κ1) is 31.3. The summed E-state index contributed by atoms with van der Waals surface area (Å²) in [5.41, 5.74) is 3.23. The number of carbonyl (C=O) groups excluding carboxylic acids is 2. The van der Waals surface area contributed by atoms with Gasteiger partial charge >= 0.3 is 0 Å². The van der Waals surface area contributed by atoms with Crippen LogP contribution in [0.3, 0.4) is 0 Å². The Hall–Kier alpha value is -4.32. The summed E-state index contributed by atoms with van der Waals surface area (Å²) < 4.78 is 22.3. The van der Waals surface area contributed by atoms with Crippen LogP contribution in [0.5, 0.6) is 5.88 Å². The first-order chi connectivity index (χ1) is 22.5. The van der Waals surface area contributed by atoms with Crippen molar-refractivity contribution in [3.63, 3.8) is 0 Å². The van der Waals surface area contributed by atoms with Crippen LogP contribution >= 0.6 is 23.2 Å². The molecule has 2 amide bonds. The van der Waals surface area contributed by atoms with Crippen LogP contribution in [0.2, 0.25) is 10.0 Å². The van der Waals surface area contributed by atoms with Gasteiger partial charge in [0.15, 0.2) is 0 Å². The molecule has 0 bridgehead atoms. The monoisotopic (exact) mass is 676 g/mol. The van der Waals surface area contributed by atoms with Crippen molar-refractivity contribution in [3.05, 3.63) is 91.6 Å². The number of hydrogen-bond donors (Lipinski definition) is 1. The zero-order valence-corrected chi connectivity index (χ0v) is 27.5. The van der Waals surface area contributed by atoms with Crippen molar-refractivity contribution in [1.29, 1.82) is 0 Å². The lowest BCUT2D eigenvalue weighted by molar-refractivity contribution is -0.161. The van der Waals surface area contributed by atoms with E-state index in [0.29, 0.717) is 22.7 Å². The number of rotatable bonds is 6. The number of pyridine rings is 1. The third-order valence-corrected chi connectivity index (χ3v) is 10.3. The number of likely N-dealkylation sites (tertiary alicyclic amines) is 2. The van der Waals surface area contributed by atoms with Gasteiger partial charge in [-0.25, -0.2) is 14.1 Å². The van der Waals surface area contributed by atoms with Crippen molar-refractivity contribution in [2.45, 2.75) is 25.8 Å². The van der Waals surface area contributed by atoms with E-state index in [2.05, 4.69) is 15.3 Å². The van der Waals surface area contributed by atoms with Gasteiger partial charge in [0.1, 0.15) is 11.4 Å². The molecule has 1 spiro atoms. The molecule has 7 rings (SSSR count). The van der Waals surface area contributed by atoms with Crippen LogP contribution in [0.15, 0.2) is 53.5 Å². The smallest absolute Gasteiger partial charge is 0.279 e. The molecular formula is C34H31Cl2FN6O4. The normalized spacial score (nSPS) is 18.0. The highest BCUT2D eigenvalue weighted by molar-refractivity contribution is 6.39. The Bertz CT molecular complexity index is 2020. The largest absolute Gasteiger partial charge is 0.481 e. The Morgan fingerprint density at radius 2 is 1.81 bits per heavy atom. The van der Waals surface area contributed by atoms with E-state index < -0.39 is 17.3 Å². The highest BCUT2D eigenvalue weighted by Gasteiger charge is 2.55. The maximum absolute atomic E-state index is 15.4. The van der Waals surface area contributed by atoms with Gasteiger partial charge in [0.05, 0.1) is 28.5 Å². The van der Waals surface area contributed by atoms with Crippen LogP contribution in [0.25, 0.3) is 22.4 Å². The molecule has 0 saturated carbocycles. The third kappa shape index (κ3) is 5.26. The maximum Gasteiger partial charge on any atom is 0.279 e. The number of hydrogen-bond acceptors (Lipinski definition) is 7. The van der Waals surface area contributed by atoms with Crippen molar-refractivity contribution in [2.75, 3.05) is 38.6 Å². The minimum absolute atomic E-state index is 0.00168. The molecule has 2 fully saturated rings. The molecule has 47 heavy (non-hydrogen) atoms. The van der Waals surface area contributed by atoms with Gasteiger partial charge in [-0.15, -0.1) is 0 Å². The summed E-state index contributed by atoms with van der Waals surface area (Å²) in [7, 11) is 3.03. The number of fused-ring (bicyclic) bond motifs is 1. The topological polar surface area (TPSA) is 110 Å². The van der Waals surface area contributed by atoms with E-state index in [4.69, 9.17) is 32.9 Å². The molecule has 2 aliphatic heterocycles. The van der Waals surface area contributed by atoms with Crippen molar-refractivity contribution in [3.8, 4) is 28.3 Å². The number of benzene rings is 2. The van der Waals surface area contributed by atoms with Crippen LogP contribution in [0.4, 0.5) is 10.1 Å². The first-order valence-electron chi connectivity index (χ1n) is 15.2. The van der Waals surface area contributed by atoms with Gasteiger partial charge in [0.25, 0.3) is 11.5 Å². The summed E-state index contributed by atoms with van der Waals surface area (Å²) in [6.07, 6.45) is 3.11. The highest BCUT2D eigenvalue weighted by Crippen LogP contribution is 2.50. The summed E-state index contributed by atoms with van der Waals surface area (Å²) in [4.78, 5) is 46.2. The Morgan fingerprint density at radius 1 is 1.06 bits per heavy atom. The Kier molecular flexibility index (Phi) is 7.81. The van der Waals surface area contributed by atoms with E-state index in [1.165, 1.54) is 31.4 Å². The maximum atomic E-state index is 15.4. The molecule has 1 atom stereocenters. The molecule has 2 saturated heterocycles. The van der Waals surface area contributed by atoms with Gasteiger partial charge in [-0.2, -0.15) is 5.10 Å². The zero-order valence-electron chi connectivity index (χ0n) is 25.9. The van der Waals surface area contributed by atoms with E-state index in [1.54, 1.807) is 32.2 Å². The molecule has 242 valence electrons. The van der Waals surface area contributed by atoms with Crippen molar-refractivity contribution < 1.29 is 18.7 Å². The van der Waals surface area contributed by atoms with Crippen molar-refractivity contribution in [1.82, 2.24) is 24.6 Å². The van der Waals surface area contributed by atoms with Crippen LogP contribution in [-0.2, 0) is 18.3 Å². The lowest BCUT2D eigenvalue weighted by Gasteiger charge is -2.61. The molecule has 4 aromatic rings. The summed E-state index contributed by atoms with van der Waals surface area (Å²) in [6.45, 7) is 5.11. The number of methoxy groups -OCH3 is 1. The zero-order chi connectivity index (χ0) is 33.2. The summed E-state index contributed by atoms with van der Waals surface area (Å²) in [5.74, 6) is -0.698. The van der Waals surface area contributed by atoms with Crippen molar-refractivity contribution in [2.24, 2.45) is 12.5 Å². The van der Waals surface area contributed by atoms with Crippen LogP contribution in [0.1, 0.15) is 40.9 Å². The average molecular weight is 678 g/mol. The number of amides is 2. The fourth-order valence-corrected chi connectivity index (χ4v) is 7.77. The molecule has 3 aliphatic rings. The lowest BCUT2D eigenvalue weighted by Crippen LogP contribution is -2.72. The number of anilines is 1. The van der Waals surface area contributed by atoms with Gasteiger partial charge in [0, 0.05) is 80.1 Å². The lowest BCUT2D eigenvalue weighted by atomic mass is 9.72. The SMILES string of the molecule is COc1nc(-c2cccc(-c3c(F)ccc(NC(=O)c4ccnn(C)c4=O)c3Cl)c2Cl)cc2c1[C@@H](N1CC3(CN(C(C)=O)C3)C1)CC2. The molecule has 2 aromatic heterocycles. The summed E-state index contributed by atoms with van der Waals surface area (Å²) in [5, 5.41) is 6.60. The quantitative estimate of drug-likeness (QED) is 0.293. The minimum atomic E-state index is -0.709. The van der Waals surface area contributed by atoms with Gasteiger partial charge in [0.2, 0.25) is 11.8 Å². The van der Waals surface area contributed by atoms with Gasteiger partial charge in [-0.05, 0) is 42.7 Å². The molecule has 1 N–H and O–H groups in total. The fourth-order valence-electron chi connectivity index (χ4n) is 7.15. The van der Waals surface area contributed by atoms with E-state index in [9.17, 15) is 14.4 Å². The predicted octanol–water partition coefficient (Wildman–Crippen LogP) is 5.37. The Labute approximate surface area is 280 Å². The van der Waals surface area contributed by atoms with Crippen LogP contribution < -0.4 is 15.6 Å². The Morgan fingerprint density at radius 3 is 2.53 bits per heavy atom. The third-order valence-electron chi connectivity index (χ3n) is 9.47. The van der Waals surface area contributed by atoms with Gasteiger partial charge in [-0.1, -0.05) is 41.4 Å². The number of aryl methyl sites for hydroxylation is 2. The number of halogens is 3. The van der Waals surface area contributed by atoms with E-state index in [0.717, 1.165) is 54.8 Å². The van der Waals surface area contributed by atoms with Crippen molar-refractivity contribution >= 4 is 40.7 Å². The van der Waals surface area contributed by atoms with E-state index in [-0.39, 0.29) is 44.2 Å². The first-order valence-corrected chi connectivity index (χ1v) is 15.9. The minimum Gasteiger partial charge on any atom is -0.481 e. The predicted molar refractivity (Wildman–Crippen MR) is 176 cm³/mol. The average Bonchev–Trinajstić information content (AvgIpc) is 3.42. The van der Waals surface area contributed by atoms with Gasteiger partial charge < -0.3 is 15.0 Å². The molecule has 0 unspecified atom stereocenters. The fraction of sp³-hybridized carbons (Fsp3) is 0.324. The molecule has 1 aliphatic carbocycles. The number of carbonyl (C=O) groups is 2. The second kappa shape index (κ2) is 11.7. The van der Waals surface area contributed by atoms with Crippen LogP contribution in [0, 0.1) is 11.2 Å². The highest BCUT2D eigenvalue weighted by atomic mass is 35.5. The molecule has 13 heteroatoms. The van der Waals surface area contributed by atoms with E-state index >= 15 is 4.39 Å². The van der Waals surface area contributed by atoms with Crippen LogP contribution in [-0.4, -0.2) is 69.7 Å². The molecule has 0 radical (unpaired) electrons. The second-order valence-electron chi connectivity index (χ2n) is 12.5. The van der Waals surface area contributed by atoms with Gasteiger partial charge in [-0.3, -0.25) is 19.3 Å². The number of ether oxygens (including phenoxy) is 1. The number of nitrogens with zero attached hydrogens (tertiary/aromatic N) is 5. The summed E-state index contributed by atoms with van der Waals surface area (Å²) >= 11 is 13.7. The number of nitrogens with one attached hydrogen (secondary N) is 1. The molecule has 10 nitrogen and oxygen atoms in total.